The summed E-state index contributed by atoms with van der Waals surface area (Å²) in [6.07, 6.45) is 0. The molecule has 370 valence electrons. The molecule has 8 rings (SSSR count). The number of carboxylic acid groups (broad SMARTS) is 1. The third-order valence-corrected chi connectivity index (χ3v) is 11.2. The number of benzene rings is 8. The van der Waals surface area contributed by atoms with Crippen molar-refractivity contribution in [3.05, 3.63) is 236 Å². The van der Waals surface area contributed by atoms with E-state index in [0.29, 0.717) is 66.1 Å². The topological polar surface area (TPSA) is 188 Å². The summed E-state index contributed by atoms with van der Waals surface area (Å²) in [6.45, 7) is 0.338. The Bertz CT molecular complexity index is 3440. The van der Waals surface area contributed by atoms with Crippen LogP contribution in [0.25, 0.3) is 22.3 Å². The molecule has 0 atom stereocenters. The molecule has 0 spiro atoms. The largest absolute Gasteiger partial charge is 0.478 e. The van der Waals surface area contributed by atoms with Crippen molar-refractivity contribution in [2.45, 2.75) is 13.1 Å². The van der Waals surface area contributed by atoms with Gasteiger partial charge in [-0.05, 0) is 167 Å². The fraction of sp³-hybridized carbons (Fsp3) is 0.0526. The number of halogens is 5. The Morgan fingerprint density at radius 2 is 0.919 bits per heavy atom. The zero-order chi connectivity index (χ0) is 52.0. The van der Waals surface area contributed by atoms with Gasteiger partial charge in [-0.2, -0.15) is 10.5 Å². The molecule has 0 unspecified atom stereocenters. The number of amides is 2. The van der Waals surface area contributed by atoms with E-state index in [1.165, 1.54) is 67.8 Å². The molecule has 8 aromatic carbocycles. The summed E-state index contributed by atoms with van der Waals surface area (Å²) in [4.78, 5) is 49.2. The number of carbonyl (C=O) groups is 4. The molecular weight excluding hydrogens is 1010 g/mol. The summed E-state index contributed by atoms with van der Waals surface area (Å²) in [6, 6.07) is 47.6. The average molecular weight is 1050 g/mol. The van der Waals surface area contributed by atoms with Gasteiger partial charge in [-0.1, -0.05) is 59.6 Å². The second kappa shape index (κ2) is 25.4. The van der Waals surface area contributed by atoms with E-state index < -0.39 is 35.4 Å². The quantitative estimate of drug-likeness (QED) is 0.0884. The van der Waals surface area contributed by atoms with E-state index >= 15 is 0 Å². The van der Waals surface area contributed by atoms with Crippen molar-refractivity contribution >= 4 is 59.4 Å². The molecule has 3 N–H and O–H groups in total. The fourth-order valence-electron chi connectivity index (χ4n) is 7.05. The first kappa shape index (κ1) is 54.3. The molecule has 0 bridgehead atoms. The highest BCUT2D eigenvalue weighted by molar-refractivity contribution is 6.31. The van der Waals surface area contributed by atoms with E-state index in [2.05, 4.69) is 22.8 Å². The van der Waals surface area contributed by atoms with Crippen LogP contribution in [-0.4, -0.2) is 36.0 Å². The Kier molecular flexibility index (Phi) is 18.6. The lowest BCUT2D eigenvalue weighted by Gasteiger charge is -2.14. The first-order chi connectivity index (χ1) is 35.2. The number of carbonyl (C=O) groups excluding carboxylic acids is 3. The number of carboxylic acids is 1. The lowest BCUT2D eigenvalue weighted by atomic mass is 10.00. The maximum atomic E-state index is 13.3. The van der Waals surface area contributed by atoms with E-state index in [4.69, 9.17) is 42.5 Å². The summed E-state index contributed by atoms with van der Waals surface area (Å²) in [5.41, 5.74) is 5.81. The Morgan fingerprint density at radius 3 is 1.28 bits per heavy atom. The van der Waals surface area contributed by atoms with Gasteiger partial charge in [0.1, 0.15) is 34.6 Å². The van der Waals surface area contributed by atoms with E-state index in [9.17, 15) is 38.5 Å². The van der Waals surface area contributed by atoms with Crippen LogP contribution >= 0.6 is 35.6 Å². The van der Waals surface area contributed by atoms with Crippen molar-refractivity contribution in [2.75, 3.05) is 7.11 Å². The maximum Gasteiger partial charge on any atom is 0.337 e. The first-order valence-corrected chi connectivity index (χ1v) is 22.6. The molecule has 74 heavy (non-hydrogen) atoms. The van der Waals surface area contributed by atoms with E-state index in [1.807, 2.05) is 0 Å². The number of hydrogen-bond acceptors (Lipinski definition) is 9. The van der Waals surface area contributed by atoms with Crippen molar-refractivity contribution in [1.82, 2.24) is 10.6 Å². The normalized spacial score (nSPS) is 10.2. The van der Waals surface area contributed by atoms with Crippen molar-refractivity contribution in [1.29, 1.82) is 10.5 Å². The SMILES string of the molecule is COC(=O)c1ccc(CNC(=O)c2cc(-c3cc(Cl)cc(C#N)c3)ccc2Oc2ccc(F)cc2)cc1.Cl.N#Cc1cc(Cl)cc(-c2ccc(Oc3ccc(F)cc3)c(C(=O)NCc3ccc(C(=O)O)cc3)c2)c1. The van der Waals surface area contributed by atoms with E-state index in [0.717, 1.165) is 5.56 Å². The van der Waals surface area contributed by atoms with Gasteiger partial charge < -0.3 is 30.0 Å². The minimum Gasteiger partial charge on any atom is -0.478 e. The number of rotatable bonds is 14. The Morgan fingerprint density at radius 1 is 0.527 bits per heavy atom. The highest BCUT2D eigenvalue weighted by Crippen LogP contribution is 2.34. The van der Waals surface area contributed by atoms with Crippen molar-refractivity contribution in [3.63, 3.8) is 0 Å². The first-order valence-electron chi connectivity index (χ1n) is 21.8. The standard InChI is InChI=1S/C29H20ClFN2O4.C28H18ClFN2O4.ClH/c1-36-29(35)20-4-2-18(3-5-20)17-33-28(34)26-15-21(22-12-19(16-32)13-23(30)14-22)6-11-27(26)37-25-9-7-24(31)8-10-25;29-22-12-18(15-31)11-21(13-22)20-5-10-26(36-24-8-6-23(30)7-9-24)25(14-20)27(33)32-16-17-1-3-19(4-2-17)28(34)35;/h2-15H,17H2,1H3,(H,33,34);1-14H,16H2,(H,32,33)(H,34,35);1H. The van der Waals surface area contributed by atoms with Gasteiger partial charge in [0.25, 0.3) is 11.8 Å². The number of aromatic carboxylic acids is 1. The summed E-state index contributed by atoms with van der Waals surface area (Å²) < 4.78 is 43.1. The predicted octanol–water partition coefficient (Wildman–Crippen LogP) is 13.4. The minimum absolute atomic E-state index is 0. The number of methoxy groups -OCH3 is 1. The zero-order valence-electron chi connectivity index (χ0n) is 38.7. The highest BCUT2D eigenvalue weighted by atomic mass is 35.5. The summed E-state index contributed by atoms with van der Waals surface area (Å²) in [5.74, 6) is -1.97. The second-order valence-corrected chi connectivity index (χ2v) is 16.6. The molecule has 12 nitrogen and oxygen atoms in total. The summed E-state index contributed by atoms with van der Waals surface area (Å²) in [7, 11) is 1.31. The lowest BCUT2D eigenvalue weighted by Crippen LogP contribution is -2.23. The molecule has 0 heterocycles. The number of esters is 1. The van der Waals surface area contributed by atoms with Crippen LogP contribution in [0.1, 0.15) is 63.7 Å². The molecule has 0 saturated heterocycles. The number of ether oxygens (including phenoxy) is 3. The molecule has 0 aromatic heterocycles. The smallest absolute Gasteiger partial charge is 0.337 e. The van der Waals surface area contributed by atoms with Crippen LogP contribution < -0.4 is 20.1 Å². The van der Waals surface area contributed by atoms with Crippen LogP contribution in [0.4, 0.5) is 8.78 Å². The van der Waals surface area contributed by atoms with Crippen LogP contribution in [0.5, 0.6) is 23.0 Å². The number of nitriles is 2. The van der Waals surface area contributed by atoms with Crippen molar-refractivity contribution in [3.8, 4) is 57.4 Å². The molecule has 0 fully saturated rings. The van der Waals surface area contributed by atoms with Crippen LogP contribution in [0, 0.1) is 34.3 Å². The average Bonchev–Trinajstić information content (AvgIpc) is 3.40. The molecule has 0 saturated carbocycles. The maximum absolute atomic E-state index is 13.3. The number of nitrogens with zero attached hydrogens (tertiary/aromatic N) is 2. The second-order valence-electron chi connectivity index (χ2n) is 15.8. The van der Waals surface area contributed by atoms with Crippen LogP contribution in [0.3, 0.4) is 0 Å². The van der Waals surface area contributed by atoms with Gasteiger partial charge in [-0.25, -0.2) is 18.4 Å². The molecule has 0 radical (unpaired) electrons. The Hall–Kier alpha value is -9.05. The third-order valence-electron chi connectivity index (χ3n) is 10.7. The Labute approximate surface area is 439 Å². The summed E-state index contributed by atoms with van der Waals surface area (Å²) in [5, 5.41) is 34.1. The Balaban J connectivity index is 0.000000238. The monoisotopic (exact) mass is 1050 g/mol. The van der Waals surface area contributed by atoms with Crippen LogP contribution in [-0.2, 0) is 17.8 Å². The molecule has 8 aromatic rings. The zero-order valence-corrected chi connectivity index (χ0v) is 41.0. The minimum atomic E-state index is -1.04. The van der Waals surface area contributed by atoms with Crippen LogP contribution in [0.2, 0.25) is 10.0 Å². The third kappa shape index (κ3) is 14.5. The molecule has 0 aliphatic carbocycles. The van der Waals surface area contributed by atoms with Crippen molar-refractivity contribution in [2.24, 2.45) is 0 Å². The molecule has 0 aliphatic rings. The van der Waals surface area contributed by atoms with Gasteiger partial charge in [-0.15, -0.1) is 12.4 Å². The molecular formula is C57H39Cl3F2N4O8. The van der Waals surface area contributed by atoms with Crippen LogP contribution in [0.15, 0.2) is 170 Å². The van der Waals surface area contributed by atoms with Gasteiger partial charge in [0.2, 0.25) is 0 Å². The molecule has 17 heteroatoms. The number of nitrogens with one attached hydrogen (secondary N) is 2. The van der Waals surface area contributed by atoms with E-state index in [-0.39, 0.29) is 53.7 Å². The van der Waals surface area contributed by atoms with E-state index in [1.54, 1.807) is 109 Å². The molecule has 2 amide bonds. The van der Waals surface area contributed by atoms with Gasteiger partial charge in [-0.3, -0.25) is 9.59 Å². The van der Waals surface area contributed by atoms with Crippen molar-refractivity contribution < 1.29 is 47.3 Å². The van der Waals surface area contributed by atoms with Gasteiger partial charge in [0, 0.05) is 23.1 Å². The fourth-order valence-corrected chi connectivity index (χ4v) is 7.52. The lowest BCUT2D eigenvalue weighted by molar-refractivity contribution is 0.0599. The highest BCUT2D eigenvalue weighted by Gasteiger charge is 2.19. The van der Waals surface area contributed by atoms with Gasteiger partial charge in [0.05, 0.1) is 52.6 Å². The molecule has 0 aliphatic heterocycles. The predicted molar refractivity (Wildman–Crippen MR) is 277 cm³/mol. The number of hydrogen-bond donors (Lipinski definition) is 3. The van der Waals surface area contributed by atoms with Gasteiger partial charge in [0.15, 0.2) is 0 Å². The van der Waals surface area contributed by atoms with Gasteiger partial charge >= 0.3 is 11.9 Å². The summed E-state index contributed by atoms with van der Waals surface area (Å²) >= 11 is 12.3.